The lowest BCUT2D eigenvalue weighted by Gasteiger charge is -2.01. The van der Waals surface area contributed by atoms with Gasteiger partial charge in [-0.15, -0.1) is 0 Å². The summed E-state index contributed by atoms with van der Waals surface area (Å²) >= 11 is 0. The molecule has 0 aliphatic carbocycles. The van der Waals surface area contributed by atoms with Gasteiger partial charge in [0.2, 0.25) is 0 Å². The molecule has 0 saturated carbocycles. The highest BCUT2D eigenvalue weighted by atomic mass is 15.3. The molecule has 0 aliphatic heterocycles. The fourth-order valence-corrected chi connectivity index (χ4v) is 2.25. The van der Waals surface area contributed by atoms with Gasteiger partial charge in [-0.1, -0.05) is 30.3 Å². The van der Waals surface area contributed by atoms with Crippen LogP contribution in [0, 0.1) is 11.3 Å². The summed E-state index contributed by atoms with van der Waals surface area (Å²) in [6, 6.07) is 20.0. The average molecular weight is 273 g/mol. The highest BCUT2D eigenvalue weighted by Gasteiger charge is 2.02. The van der Waals surface area contributed by atoms with E-state index in [1.807, 2.05) is 35.3 Å². The molecular formula is C18H15N3. The number of nitriles is 1. The molecule has 0 unspecified atom stereocenters. The number of hydrogen-bond acceptors (Lipinski definition) is 2. The number of nitrogens with zero attached hydrogens (tertiary/aromatic N) is 3. The first kappa shape index (κ1) is 13.1. The van der Waals surface area contributed by atoms with Crippen LogP contribution in [0.1, 0.15) is 16.7 Å². The molecule has 0 amide bonds. The molecule has 1 heterocycles. The third kappa shape index (κ3) is 3.18. The van der Waals surface area contributed by atoms with Crippen LogP contribution in [0.25, 0.3) is 5.69 Å². The summed E-state index contributed by atoms with van der Waals surface area (Å²) < 4.78 is 1.85. The zero-order chi connectivity index (χ0) is 14.5. The van der Waals surface area contributed by atoms with Crippen molar-refractivity contribution in [1.29, 1.82) is 5.26 Å². The lowest BCUT2D eigenvalue weighted by Crippen LogP contribution is -1.94. The highest BCUT2D eigenvalue weighted by Crippen LogP contribution is 2.11. The second-order valence-electron chi connectivity index (χ2n) is 4.94. The summed E-state index contributed by atoms with van der Waals surface area (Å²) in [7, 11) is 0. The number of benzene rings is 2. The van der Waals surface area contributed by atoms with E-state index >= 15 is 0 Å². The van der Waals surface area contributed by atoms with Crippen LogP contribution in [0.4, 0.5) is 0 Å². The number of aromatic nitrogens is 2. The van der Waals surface area contributed by atoms with Crippen LogP contribution in [0.3, 0.4) is 0 Å². The third-order valence-corrected chi connectivity index (χ3v) is 3.44. The van der Waals surface area contributed by atoms with Gasteiger partial charge >= 0.3 is 0 Å². The largest absolute Gasteiger partial charge is 0.241 e. The normalized spacial score (nSPS) is 10.2. The summed E-state index contributed by atoms with van der Waals surface area (Å²) in [6.07, 6.45) is 5.94. The molecule has 0 saturated heterocycles. The maximum absolute atomic E-state index is 8.81. The molecule has 0 spiro atoms. The van der Waals surface area contributed by atoms with E-state index in [0.29, 0.717) is 5.56 Å². The lowest BCUT2D eigenvalue weighted by atomic mass is 10.1. The number of aryl methyl sites for hydroxylation is 2. The summed E-state index contributed by atoms with van der Waals surface area (Å²) in [5.41, 5.74) is 4.18. The van der Waals surface area contributed by atoms with E-state index in [1.54, 1.807) is 12.1 Å². The maximum atomic E-state index is 8.81. The van der Waals surface area contributed by atoms with Crippen LogP contribution in [0.5, 0.6) is 0 Å². The predicted octanol–water partition coefficient (Wildman–Crippen LogP) is 3.53. The molecule has 3 nitrogen and oxygen atoms in total. The van der Waals surface area contributed by atoms with E-state index in [1.165, 1.54) is 11.1 Å². The Hall–Kier alpha value is -2.86. The zero-order valence-electron chi connectivity index (χ0n) is 11.6. The second-order valence-corrected chi connectivity index (χ2v) is 4.94. The minimum absolute atomic E-state index is 0.662. The molecule has 3 heteroatoms. The van der Waals surface area contributed by atoms with E-state index in [0.717, 1.165) is 18.5 Å². The quantitative estimate of drug-likeness (QED) is 0.729. The minimum Gasteiger partial charge on any atom is -0.241 e. The fraction of sp³-hybridized carbons (Fsp3) is 0.111. The van der Waals surface area contributed by atoms with Gasteiger partial charge in [0.25, 0.3) is 0 Å². The van der Waals surface area contributed by atoms with Crippen LogP contribution in [0.15, 0.2) is 67.0 Å². The molecule has 3 rings (SSSR count). The SMILES string of the molecule is N#Cc1ccc(-n2cc(CCc3ccccc3)cn2)cc1. The monoisotopic (exact) mass is 273 g/mol. The average Bonchev–Trinajstić information content (AvgIpc) is 3.03. The predicted molar refractivity (Wildman–Crippen MR) is 82.1 cm³/mol. The Balaban J connectivity index is 1.69. The van der Waals surface area contributed by atoms with Crippen molar-refractivity contribution in [3.05, 3.63) is 83.7 Å². The first-order valence-corrected chi connectivity index (χ1v) is 6.93. The Morgan fingerprint density at radius 1 is 0.905 bits per heavy atom. The Kier molecular flexibility index (Phi) is 3.79. The first-order chi connectivity index (χ1) is 10.3. The van der Waals surface area contributed by atoms with E-state index in [4.69, 9.17) is 5.26 Å². The first-order valence-electron chi connectivity index (χ1n) is 6.93. The van der Waals surface area contributed by atoms with Gasteiger partial charge in [-0.05, 0) is 48.2 Å². The van der Waals surface area contributed by atoms with E-state index in [9.17, 15) is 0 Å². The Bertz CT molecular complexity index is 749. The molecule has 3 aromatic rings. The van der Waals surface area contributed by atoms with Gasteiger partial charge < -0.3 is 0 Å². The van der Waals surface area contributed by atoms with Crippen LogP contribution < -0.4 is 0 Å². The van der Waals surface area contributed by atoms with Crippen molar-refractivity contribution in [2.45, 2.75) is 12.8 Å². The maximum Gasteiger partial charge on any atom is 0.0991 e. The van der Waals surface area contributed by atoms with Crippen LogP contribution in [-0.4, -0.2) is 9.78 Å². The van der Waals surface area contributed by atoms with Gasteiger partial charge in [0.15, 0.2) is 0 Å². The van der Waals surface area contributed by atoms with E-state index < -0.39 is 0 Å². The molecule has 21 heavy (non-hydrogen) atoms. The van der Waals surface area contributed by atoms with Crippen molar-refractivity contribution >= 4 is 0 Å². The molecule has 0 atom stereocenters. The summed E-state index contributed by atoms with van der Waals surface area (Å²) in [6.45, 7) is 0. The summed E-state index contributed by atoms with van der Waals surface area (Å²) in [4.78, 5) is 0. The van der Waals surface area contributed by atoms with Crippen LogP contribution in [0.2, 0.25) is 0 Å². The van der Waals surface area contributed by atoms with E-state index in [2.05, 4.69) is 35.4 Å². The summed E-state index contributed by atoms with van der Waals surface area (Å²) in [5, 5.41) is 13.2. The Labute approximate surface area is 124 Å². The van der Waals surface area contributed by atoms with Gasteiger partial charge in [0, 0.05) is 6.20 Å². The number of hydrogen-bond donors (Lipinski definition) is 0. The molecule has 0 bridgehead atoms. The van der Waals surface area contributed by atoms with E-state index in [-0.39, 0.29) is 0 Å². The molecule has 0 N–H and O–H groups in total. The van der Waals surface area contributed by atoms with Crippen LogP contribution in [-0.2, 0) is 12.8 Å². The minimum atomic E-state index is 0.662. The molecule has 2 aromatic carbocycles. The molecular weight excluding hydrogens is 258 g/mol. The van der Waals surface area contributed by atoms with Crippen molar-refractivity contribution in [3.8, 4) is 11.8 Å². The van der Waals surface area contributed by atoms with Crippen LogP contribution >= 0.6 is 0 Å². The number of rotatable bonds is 4. The topological polar surface area (TPSA) is 41.6 Å². The molecule has 102 valence electrons. The van der Waals surface area contributed by atoms with Gasteiger partial charge in [0.05, 0.1) is 23.5 Å². The van der Waals surface area contributed by atoms with Gasteiger partial charge in [0.1, 0.15) is 0 Å². The zero-order valence-corrected chi connectivity index (χ0v) is 11.6. The molecule has 0 fully saturated rings. The summed E-state index contributed by atoms with van der Waals surface area (Å²) in [5.74, 6) is 0. The molecule has 1 aromatic heterocycles. The Morgan fingerprint density at radius 2 is 1.62 bits per heavy atom. The van der Waals surface area contributed by atoms with Crippen molar-refractivity contribution in [2.75, 3.05) is 0 Å². The van der Waals surface area contributed by atoms with Crippen molar-refractivity contribution in [1.82, 2.24) is 9.78 Å². The van der Waals surface area contributed by atoms with Gasteiger partial charge in [-0.3, -0.25) is 0 Å². The molecule has 0 radical (unpaired) electrons. The lowest BCUT2D eigenvalue weighted by molar-refractivity contribution is 0.878. The third-order valence-electron chi connectivity index (χ3n) is 3.44. The van der Waals surface area contributed by atoms with Gasteiger partial charge in [-0.25, -0.2) is 4.68 Å². The van der Waals surface area contributed by atoms with Crippen molar-refractivity contribution in [3.63, 3.8) is 0 Å². The fourth-order valence-electron chi connectivity index (χ4n) is 2.25. The van der Waals surface area contributed by atoms with Gasteiger partial charge in [-0.2, -0.15) is 10.4 Å². The smallest absolute Gasteiger partial charge is 0.0991 e. The van der Waals surface area contributed by atoms with Crippen molar-refractivity contribution in [2.24, 2.45) is 0 Å². The highest BCUT2D eigenvalue weighted by molar-refractivity contribution is 5.39. The molecule has 0 aliphatic rings. The standard InChI is InChI=1S/C18H15N3/c19-12-16-8-10-18(11-9-16)21-14-17(13-20-21)7-6-15-4-2-1-3-5-15/h1-5,8-11,13-14H,6-7H2. The Morgan fingerprint density at radius 3 is 2.33 bits per heavy atom. The van der Waals surface area contributed by atoms with Crippen molar-refractivity contribution < 1.29 is 0 Å². The second kappa shape index (κ2) is 6.06.